The summed E-state index contributed by atoms with van der Waals surface area (Å²) < 4.78 is 15.6. The molecule has 0 spiro atoms. The molecule has 3 rings (SSSR count). The molecule has 10 heteroatoms. The van der Waals surface area contributed by atoms with Crippen LogP contribution in [0.25, 0.3) is 0 Å². The maximum Gasteiger partial charge on any atom is 0.408 e. The van der Waals surface area contributed by atoms with Gasteiger partial charge < -0.3 is 19.5 Å². The number of rotatable bonds is 11. The molecular weight excluding hydrogens is 468 g/mol. The second kappa shape index (κ2) is 13.2. The number of esters is 2. The maximum atomic E-state index is 12.8. The summed E-state index contributed by atoms with van der Waals surface area (Å²) >= 11 is 0. The molecule has 0 bridgehead atoms. The molecular formula is C26H24N2O8. The quantitative estimate of drug-likeness (QED) is 0.181. The van der Waals surface area contributed by atoms with E-state index in [9.17, 15) is 24.5 Å². The highest BCUT2D eigenvalue weighted by Crippen LogP contribution is 2.18. The summed E-state index contributed by atoms with van der Waals surface area (Å²) in [6, 6.07) is 21.7. The van der Waals surface area contributed by atoms with Gasteiger partial charge in [0.05, 0.1) is 4.92 Å². The average molecular weight is 492 g/mol. The lowest BCUT2D eigenvalue weighted by molar-refractivity contribution is -0.384. The third-order valence-electron chi connectivity index (χ3n) is 4.94. The lowest BCUT2D eigenvalue weighted by atomic mass is 10.1. The lowest BCUT2D eigenvalue weighted by Gasteiger charge is -2.17. The van der Waals surface area contributed by atoms with Crippen LogP contribution in [0.5, 0.6) is 5.75 Å². The molecule has 36 heavy (non-hydrogen) atoms. The number of non-ortho nitro benzene ring substituents is 1. The van der Waals surface area contributed by atoms with Crippen LogP contribution < -0.4 is 10.1 Å². The van der Waals surface area contributed by atoms with E-state index in [1.807, 2.05) is 36.4 Å². The molecule has 0 aliphatic rings. The number of nitro benzene ring substituents is 1. The average Bonchev–Trinajstić information content (AvgIpc) is 2.90. The van der Waals surface area contributed by atoms with E-state index in [4.69, 9.17) is 14.2 Å². The maximum absolute atomic E-state index is 12.8. The Hall–Kier alpha value is -4.73. The van der Waals surface area contributed by atoms with Gasteiger partial charge in [0, 0.05) is 18.6 Å². The fourth-order valence-corrected chi connectivity index (χ4v) is 3.05. The Morgan fingerprint density at radius 3 is 1.92 bits per heavy atom. The van der Waals surface area contributed by atoms with Gasteiger partial charge in [-0.3, -0.25) is 14.9 Å². The zero-order chi connectivity index (χ0) is 25.8. The highest BCUT2D eigenvalue weighted by Gasteiger charge is 2.25. The fourth-order valence-electron chi connectivity index (χ4n) is 3.05. The molecule has 1 atom stereocenters. The van der Waals surface area contributed by atoms with Gasteiger partial charge in [-0.25, -0.2) is 9.59 Å². The summed E-state index contributed by atoms with van der Waals surface area (Å²) in [4.78, 5) is 47.5. The number of carbonyl (C=O) groups excluding carboxylic acids is 3. The Labute approximate surface area is 206 Å². The molecule has 0 radical (unpaired) electrons. The molecule has 10 nitrogen and oxygen atoms in total. The fraction of sp³-hybridized carbons (Fsp3) is 0.192. The van der Waals surface area contributed by atoms with Gasteiger partial charge in [0.25, 0.3) is 5.69 Å². The highest BCUT2D eigenvalue weighted by molar-refractivity contribution is 5.83. The monoisotopic (exact) mass is 492 g/mol. The third-order valence-corrected chi connectivity index (χ3v) is 4.94. The first-order valence-electron chi connectivity index (χ1n) is 11.0. The molecule has 186 valence electrons. The van der Waals surface area contributed by atoms with Crippen LogP contribution in [0, 0.1) is 10.1 Å². The van der Waals surface area contributed by atoms with E-state index in [1.165, 1.54) is 24.3 Å². The van der Waals surface area contributed by atoms with Crippen molar-refractivity contribution >= 4 is 23.7 Å². The van der Waals surface area contributed by atoms with E-state index in [0.29, 0.717) is 0 Å². The van der Waals surface area contributed by atoms with Crippen LogP contribution in [0.4, 0.5) is 10.5 Å². The van der Waals surface area contributed by atoms with Crippen LogP contribution in [-0.2, 0) is 32.3 Å². The van der Waals surface area contributed by atoms with Crippen molar-refractivity contribution in [3.63, 3.8) is 0 Å². The molecule has 0 heterocycles. The molecule has 0 aromatic heterocycles. The number of hydrogen-bond donors (Lipinski definition) is 1. The standard InChI is InChI=1S/C26H24N2O8/c29-24(34-17-19-7-3-1-4-8-19)16-15-23(27-26(31)35-18-20-9-5-2-6-10-20)25(30)36-22-13-11-21(12-14-22)28(32)33/h1-14,23H,15-18H2,(H,27,31). The van der Waals surface area contributed by atoms with Gasteiger partial charge >= 0.3 is 18.0 Å². The number of benzene rings is 3. The molecule has 0 saturated heterocycles. The minimum Gasteiger partial charge on any atom is -0.461 e. The molecule has 0 aliphatic heterocycles. The number of nitro groups is 1. The van der Waals surface area contributed by atoms with Crippen molar-refractivity contribution in [2.75, 3.05) is 0 Å². The molecule has 1 N–H and O–H groups in total. The van der Waals surface area contributed by atoms with Crippen LogP contribution in [0.15, 0.2) is 84.9 Å². The number of carbonyl (C=O) groups is 3. The van der Waals surface area contributed by atoms with Crippen LogP contribution in [0.2, 0.25) is 0 Å². The van der Waals surface area contributed by atoms with Crippen molar-refractivity contribution in [2.45, 2.75) is 32.1 Å². The normalized spacial score (nSPS) is 11.1. The summed E-state index contributed by atoms with van der Waals surface area (Å²) in [6.45, 7) is 0.0556. The van der Waals surface area contributed by atoms with Gasteiger partial charge in [-0.2, -0.15) is 0 Å². The van der Waals surface area contributed by atoms with Crippen LogP contribution in [0.1, 0.15) is 24.0 Å². The minimum absolute atomic E-state index is 0.0179. The van der Waals surface area contributed by atoms with Gasteiger partial charge in [-0.05, 0) is 29.7 Å². The van der Waals surface area contributed by atoms with Crippen molar-refractivity contribution in [2.24, 2.45) is 0 Å². The summed E-state index contributed by atoms with van der Waals surface area (Å²) in [7, 11) is 0. The summed E-state index contributed by atoms with van der Waals surface area (Å²) in [5.74, 6) is -1.38. The van der Waals surface area contributed by atoms with Crippen molar-refractivity contribution in [1.29, 1.82) is 0 Å². The number of ether oxygens (including phenoxy) is 3. The molecule has 3 aromatic carbocycles. The second-order valence-corrected chi connectivity index (χ2v) is 7.62. The van der Waals surface area contributed by atoms with Crippen molar-refractivity contribution in [3.8, 4) is 5.75 Å². The van der Waals surface area contributed by atoms with E-state index in [1.54, 1.807) is 24.3 Å². The van der Waals surface area contributed by atoms with Crippen LogP contribution in [-0.4, -0.2) is 29.0 Å². The van der Waals surface area contributed by atoms with Crippen LogP contribution >= 0.6 is 0 Å². The van der Waals surface area contributed by atoms with Gasteiger partial charge in [-0.15, -0.1) is 0 Å². The van der Waals surface area contributed by atoms with Gasteiger partial charge in [0.15, 0.2) is 0 Å². The third kappa shape index (κ3) is 8.56. The largest absolute Gasteiger partial charge is 0.461 e. The Morgan fingerprint density at radius 1 is 0.806 bits per heavy atom. The first-order valence-corrected chi connectivity index (χ1v) is 11.0. The summed E-state index contributed by atoms with van der Waals surface area (Å²) in [6.07, 6.45) is -1.16. The molecule has 0 aliphatic carbocycles. The van der Waals surface area contributed by atoms with E-state index in [2.05, 4.69) is 5.32 Å². The van der Waals surface area contributed by atoms with Crippen molar-refractivity contribution in [1.82, 2.24) is 5.32 Å². The number of amides is 1. The minimum atomic E-state index is -1.23. The Morgan fingerprint density at radius 2 is 1.36 bits per heavy atom. The predicted octanol–water partition coefficient (Wildman–Crippen LogP) is 4.32. The first-order chi connectivity index (χ1) is 17.4. The number of nitrogens with zero attached hydrogens (tertiary/aromatic N) is 1. The summed E-state index contributed by atoms with van der Waals surface area (Å²) in [5.41, 5.74) is 1.39. The number of hydrogen-bond acceptors (Lipinski definition) is 8. The Bertz CT molecular complexity index is 1170. The SMILES string of the molecule is O=C(CCC(NC(=O)OCc1ccccc1)C(=O)Oc1ccc([N+](=O)[O-])cc1)OCc1ccccc1. The zero-order valence-corrected chi connectivity index (χ0v) is 19.2. The first kappa shape index (κ1) is 25.9. The number of alkyl carbamates (subject to hydrolysis) is 1. The molecule has 0 fully saturated rings. The smallest absolute Gasteiger partial charge is 0.408 e. The van der Waals surface area contributed by atoms with Crippen molar-refractivity contribution in [3.05, 3.63) is 106 Å². The van der Waals surface area contributed by atoms with Crippen LogP contribution in [0.3, 0.4) is 0 Å². The topological polar surface area (TPSA) is 134 Å². The second-order valence-electron chi connectivity index (χ2n) is 7.62. The zero-order valence-electron chi connectivity index (χ0n) is 19.2. The number of nitrogens with one attached hydrogen (secondary N) is 1. The molecule has 1 unspecified atom stereocenters. The Balaban J connectivity index is 1.59. The lowest BCUT2D eigenvalue weighted by Crippen LogP contribution is -2.43. The van der Waals surface area contributed by atoms with Gasteiger partial charge in [0.1, 0.15) is 25.0 Å². The van der Waals surface area contributed by atoms with E-state index in [-0.39, 0.29) is 37.5 Å². The van der Waals surface area contributed by atoms with Gasteiger partial charge in [-0.1, -0.05) is 60.7 Å². The van der Waals surface area contributed by atoms with E-state index < -0.39 is 29.0 Å². The molecule has 3 aromatic rings. The predicted molar refractivity (Wildman–Crippen MR) is 128 cm³/mol. The molecule has 0 saturated carbocycles. The van der Waals surface area contributed by atoms with E-state index >= 15 is 0 Å². The van der Waals surface area contributed by atoms with Gasteiger partial charge in [0.2, 0.25) is 0 Å². The highest BCUT2D eigenvalue weighted by atomic mass is 16.6. The van der Waals surface area contributed by atoms with E-state index in [0.717, 1.165) is 11.1 Å². The Kier molecular flexibility index (Phi) is 9.51. The van der Waals surface area contributed by atoms with Crippen molar-refractivity contribution < 1.29 is 33.5 Å². The molecule has 1 amide bonds. The summed E-state index contributed by atoms with van der Waals surface area (Å²) in [5, 5.41) is 13.2.